The van der Waals surface area contributed by atoms with Gasteiger partial charge in [0.05, 0.1) is 0 Å². The molecule has 1 aromatic heterocycles. The number of thiophene rings is 1. The first-order valence-corrected chi connectivity index (χ1v) is 8.35. The van der Waals surface area contributed by atoms with Crippen molar-refractivity contribution in [2.75, 3.05) is 6.54 Å². The molecule has 0 bridgehead atoms. The summed E-state index contributed by atoms with van der Waals surface area (Å²) in [6.45, 7) is 7.60. The molecular weight excluding hydrogens is 286 g/mol. The molecule has 2 rings (SSSR count). The Morgan fingerprint density at radius 1 is 1.25 bits per heavy atom. The van der Waals surface area contributed by atoms with Gasteiger partial charge in [-0.3, -0.25) is 0 Å². The maximum atomic E-state index is 6.30. The Labute approximate surface area is 131 Å². The second-order valence-electron chi connectivity index (χ2n) is 5.19. The molecule has 1 unspecified atom stereocenters. The van der Waals surface area contributed by atoms with Gasteiger partial charge in [-0.15, -0.1) is 11.3 Å². The summed E-state index contributed by atoms with van der Waals surface area (Å²) >= 11 is 8.19. The number of aryl methyl sites for hydroxylation is 2. The number of benzene rings is 1. The molecule has 0 radical (unpaired) electrons. The lowest BCUT2D eigenvalue weighted by molar-refractivity contribution is 0.536. The normalized spacial score (nSPS) is 12.6. The van der Waals surface area contributed by atoms with Gasteiger partial charge >= 0.3 is 0 Å². The minimum Gasteiger partial charge on any atom is -0.309 e. The Bertz CT molecular complexity index is 542. The third-order valence-electron chi connectivity index (χ3n) is 3.55. The molecule has 1 nitrogen and oxygen atoms in total. The van der Waals surface area contributed by atoms with Crippen LogP contribution in [-0.4, -0.2) is 6.54 Å². The number of hydrogen-bond acceptors (Lipinski definition) is 2. The highest BCUT2D eigenvalue weighted by molar-refractivity contribution is 7.12. The average Bonchev–Trinajstić information content (AvgIpc) is 2.76. The quantitative estimate of drug-likeness (QED) is 0.763. The van der Waals surface area contributed by atoms with E-state index in [4.69, 9.17) is 11.6 Å². The van der Waals surface area contributed by atoms with Crippen molar-refractivity contribution in [3.8, 4) is 0 Å². The molecule has 0 aliphatic rings. The van der Waals surface area contributed by atoms with Gasteiger partial charge in [0.2, 0.25) is 0 Å². The van der Waals surface area contributed by atoms with Crippen LogP contribution in [0.25, 0.3) is 0 Å². The van der Waals surface area contributed by atoms with E-state index in [0.717, 1.165) is 24.4 Å². The summed E-state index contributed by atoms with van der Waals surface area (Å²) in [5.74, 6) is 0. The summed E-state index contributed by atoms with van der Waals surface area (Å²) in [5.41, 5.74) is 2.60. The van der Waals surface area contributed by atoms with Crippen molar-refractivity contribution in [1.82, 2.24) is 5.32 Å². The smallest absolute Gasteiger partial charge is 0.0456 e. The van der Waals surface area contributed by atoms with Crippen molar-refractivity contribution in [3.05, 3.63) is 56.2 Å². The monoisotopic (exact) mass is 307 g/mol. The van der Waals surface area contributed by atoms with E-state index in [0.29, 0.717) is 6.04 Å². The molecule has 0 spiro atoms. The van der Waals surface area contributed by atoms with E-state index < -0.39 is 0 Å². The summed E-state index contributed by atoms with van der Waals surface area (Å²) in [6, 6.07) is 10.8. The molecule has 0 aliphatic heterocycles. The molecule has 2 aromatic rings. The second-order valence-corrected chi connectivity index (χ2v) is 6.89. The first-order chi connectivity index (χ1) is 9.61. The Balaban J connectivity index is 2.21. The lowest BCUT2D eigenvalue weighted by atomic mass is 10.0. The van der Waals surface area contributed by atoms with Gasteiger partial charge in [0, 0.05) is 20.8 Å². The standard InChI is InChI=1S/C17H22ClNS/c1-4-9-19-16(17-10-12(2)13(3)20-17)11-14-7-5-6-8-15(14)18/h5-8,10,16,19H,4,9,11H2,1-3H3. The molecule has 0 fully saturated rings. The van der Waals surface area contributed by atoms with E-state index in [2.05, 4.69) is 44.3 Å². The van der Waals surface area contributed by atoms with Gasteiger partial charge in [-0.25, -0.2) is 0 Å². The highest BCUT2D eigenvalue weighted by Gasteiger charge is 2.16. The van der Waals surface area contributed by atoms with Crippen molar-refractivity contribution >= 4 is 22.9 Å². The lowest BCUT2D eigenvalue weighted by Crippen LogP contribution is -2.23. The number of rotatable bonds is 6. The predicted octanol–water partition coefficient (Wildman–Crippen LogP) is 5.30. The highest BCUT2D eigenvalue weighted by Crippen LogP contribution is 2.30. The summed E-state index contributed by atoms with van der Waals surface area (Å²) in [7, 11) is 0. The van der Waals surface area contributed by atoms with Gasteiger partial charge in [-0.2, -0.15) is 0 Å². The predicted molar refractivity (Wildman–Crippen MR) is 90.0 cm³/mol. The van der Waals surface area contributed by atoms with Crippen LogP contribution in [0.3, 0.4) is 0 Å². The molecule has 0 aliphatic carbocycles. The number of nitrogens with one attached hydrogen (secondary N) is 1. The molecule has 3 heteroatoms. The Hall–Kier alpha value is -0.830. The van der Waals surface area contributed by atoms with Crippen molar-refractivity contribution in [2.24, 2.45) is 0 Å². The van der Waals surface area contributed by atoms with E-state index in [1.807, 2.05) is 23.5 Å². The van der Waals surface area contributed by atoms with Gasteiger partial charge in [0.15, 0.2) is 0 Å². The van der Waals surface area contributed by atoms with Gasteiger partial charge in [0.1, 0.15) is 0 Å². The zero-order chi connectivity index (χ0) is 14.5. The Kier molecular flexibility index (Phi) is 5.64. The Morgan fingerprint density at radius 3 is 2.60 bits per heavy atom. The van der Waals surface area contributed by atoms with Crippen molar-refractivity contribution < 1.29 is 0 Å². The fraction of sp³-hybridized carbons (Fsp3) is 0.412. The highest BCUT2D eigenvalue weighted by atomic mass is 35.5. The maximum Gasteiger partial charge on any atom is 0.0456 e. The van der Waals surface area contributed by atoms with E-state index >= 15 is 0 Å². The van der Waals surface area contributed by atoms with Crippen LogP contribution in [0.5, 0.6) is 0 Å². The van der Waals surface area contributed by atoms with E-state index in [-0.39, 0.29) is 0 Å². The number of halogens is 1. The first-order valence-electron chi connectivity index (χ1n) is 7.15. The van der Waals surface area contributed by atoms with Crippen LogP contribution in [0.2, 0.25) is 5.02 Å². The zero-order valence-electron chi connectivity index (χ0n) is 12.4. The fourth-order valence-electron chi connectivity index (χ4n) is 2.25. The van der Waals surface area contributed by atoms with Crippen LogP contribution >= 0.6 is 22.9 Å². The maximum absolute atomic E-state index is 6.30. The SMILES string of the molecule is CCCNC(Cc1ccccc1Cl)c1cc(C)c(C)s1. The van der Waals surface area contributed by atoms with Crippen LogP contribution in [0.4, 0.5) is 0 Å². The molecule has 1 heterocycles. The van der Waals surface area contributed by atoms with E-state index in [1.54, 1.807) is 0 Å². The molecule has 0 saturated carbocycles. The van der Waals surface area contributed by atoms with Crippen LogP contribution in [0.1, 0.15) is 40.3 Å². The minimum atomic E-state index is 0.354. The van der Waals surface area contributed by atoms with Gasteiger partial charge in [-0.1, -0.05) is 36.7 Å². The largest absolute Gasteiger partial charge is 0.309 e. The number of hydrogen-bond donors (Lipinski definition) is 1. The van der Waals surface area contributed by atoms with Crippen molar-refractivity contribution in [3.63, 3.8) is 0 Å². The van der Waals surface area contributed by atoms with Crippen molar-refractivity contribution in [2.45, 2.75) is 39.7 Å². The van der Waals surface area contributed by atoms with Crippen LogP contribution in [-0.2, 0) is 6.42 Å². The van der Waals surface area contributed by atoms with Gasteiger partial charge in [0.25, 0.3) is 0 Å². The third kappa shape index (κ3) is 3.85. The van der Waals surface area contributed by atoms with Gasteiger partial charge < -0.3 is 5.32 Å². The van der Waals surface area contributed by atoms with Gasteiger partial charge in [-0.05, 0) is 56.5 Å². The minimum absolute atomic E-state index is 0.354. The molecule has 0 amide bonds. The first kappa shape index (κ1) is 15.6. The van der Waals surface area contributed by atoms with Crippen LogP contribution < -0.4 is 5.32 Å². The molecule has 108 valence electrons. The molecule has 1 atom stereocenters. The molecule has 20 heavy (non-hydrogen) atoms. The third-order valence-corrected chi connectivity index (χ3v) is 5.19. The molecule has 1 N–H and O–H groups in total. The summed E-state index contributed by atoms with van der Waals surface area (Å²) in [4.78, 5) is 2.82. The Morgan fingerprint density at radius 2 is 2.00 bits per heavy atom. The summed E-state index contributed by atoms with van der Waals surface area (Å²) < 4.78 is 0. The summed E-state index contributed by atoms with van der Waals surface area (Å²) in [6.07, 6.45) is 2.08. The van der Waals surface area contributed by atoms with Crippen LogP contribution in [0, 0.1) is 13.8 Å². The van der Waals surface area contributed by atoms with Crippen molar-refractivity contribution in [1.29, 1.82) is 0 Å². The topological polar surface area (TPSA) is 12.0 Å². The van der Waals surface area contributed by atoms with Crippen LogP contribution in [0.15, 0.2) is 30.3 Å². The van der Waals surface area contributed by atoms with E-state index in [1.165, 1.54) is 20.9 Å². The second kappa shape index (κ2) is 7.26. The van der Waals surface area contributed by atoms with E-state index in [9.17, 15) is 0 Å². The average molecular weight is 308 g/mol. The molecule has 1 aromatic carbocycles. The lowest BCUT2D eigenvalue weighted by Gasteiger charge is -2.18. The zero-order valence-corrected chi connectivity index (χ0v) is 13.9. The summed E-state index contributed by atoms with van der Waals surface area (Å²) in [5, 5.41) is 4.52. The molecule has 0 saturated heterocycles. The fourth-order valence-corrected chi connectivity index (χ4v) is 3.58. The molecular formula is C17H22ClNS.